The van der Waals surface area contributed by atoms with Crippen LogP contribution in [0.5, 0.6) is 0 Å². The topological polar surface area (TPSA) is 61.4 Å². The van der Waals surface area contributed by atoms with Gasteiger partial charge in [-0.15, -0.1) is 0 Å². The fourth-order valence-corrected chi connectivity index (χ4v) is 1.33. The van der Waals surface area contributed by atoms with Crippen LogP contribution < -0.4 is 10.6 Å². The Kier molecular flexibility index (Phi) is 4.72. The Morgan fingerprint density at radius 1 is 1.38 bits per heavy atom. The smallest absolute Gasteiger partial charge is 0.335 e. The standard InChI is InChI=1S/C11H14N2O2S/c1-2-7-12-11(16)13-9-5-3-8(4-6-9)10(14)15/h3-6H,2,7H2,1H3,(H,14,15)(H2,12,13,16). The summed E-state index contributed by atoms with van der Waals surface area (Å²) < 4.78 is 0. The van der Waals surface area contributed by atoms with E-state index in [4.69, 9.17) is 17.3 Å². The molecule has 0 radical (unpaired) electrons. The second-order valence-corrected chi connectivity index (χ2v) is 3.67. The summed E-state index contributed by atoms with van der Waals surface area (Å²) in [4.78, 5) is 10.6. The first kappa shape index (κ1) is 12.4. The number of benzene rings is 1. The van der Waals surface area contributed by atoms with Crippen molar-refractivity contribution in [3.05, 3.63) is 29.8 Å². The highest BCUT2D eigenvalue weighted by molar-refractivity contribution is 7.80. The lowest BCUT2D eigenvalue weighted by atomic mass is 10.2. The molecule has 0 bridgehead atoms. The largest absolute Gasteiger partial charge is 0.478 e. The molecular weight excluding hydrogens is 224 g/mol. The first-order chi connectivity index (χ1) is 7.63. The second kappa shape index (κ2) is 6.07. The molecule has 1 rings (SSSR count). The van der Waals surface area contributed by atoms with Gasteiger partial charge in [-0.05, 0) is 42.9 Å². The van der Waals surface area contributed by atoms with E-state index in [2.05, 4.69) is 17.6 Å². The predicted molar refractivity (Wildman–Crippen MR) is 67.9 cm³/mol. The highest BCUT2D eigenvalue weighted by Crippen LogP contribution is 2.09. The molecular formula is C11H14N2O2S. The number of carbonyl (C=O) groups is 1. The number of thiocarbonyl (C=S) groups is 1. The van der Waals surface area contributed by atoms with E-state index in [1.165, 1.54) is 12.1 Å². The van der Waals surface area contributed by atoms with E-state index in [0.717, 1.165) is 18.7 Å². The van der Waals surface area contributed by atoms with Gasteiger partial charge in [-0.3, -0.25) is 0 Å². The van der Waals surface area contributed by atoms with E-state index in [9.17, 15) is 4.79 Å². The van der Waals surface area contributed by atoms with Crippen LogP contribution in [0, 0.1) is 0 Å². The van der Waals surface area contributed by atoms with Gasteiger partial charge in [-0.1, -0.05) is 6.92 Å². The molecule has 0 atom stereocenters. The molecule has 16 heavy (non-hydrogen) atoms. The number of hydrogen-bond acceptors (Lipinski definition) is 2. The Balaban J connectivity index is 2.55. The van der Waals surface area contributed by atoms with Crippen LogP contribution in [-0.4, -0.2) is 22.7 Å². The van der Waals surface area contributed by atoms with Crippen LogP contribution in [0.3, 0.4) is 0 Å². The molecule has 1 aromatic rings. The summed E-state index contributed by atoms with van der Waals surface area (Å²) in [5.41, 5.74) is 1.04. The quantitative estimate of drug-likeness (QED) is 0.701. The van der Waals surface area contributed by atoms with E-state index in [1.807, 2.05) is 0 Å². The van der Waals surface area contributed by atoms with Crippen LogP contribution >= 0.6 is 12.2 Å². The number of nitrogens with one attached hydrogen (secondary N) is 2. The maximum absolute atomic E-state index is 10.6. The van der Waals surface area contributed by atoms with Crippen molar-refractivity contribution < 1.29 is 9.90 Å². The van der Waals surface area contributed by atoms with Gasteiger partial charge >= 0.3 is 5.97 Å². The zero-order chi connectivity index (χ0) is 12.0. The van der Waals surface area contributed by atoms with Gasteiger partial charge in [-0.2, -0.15) is 0 Å². The van der Waals surface area contributed by atoms with Gasteiger partial charge in [0.15, 0.2) is 5.11 Å². The highest BCUT2D eigenvalue weighted by atomic mass is 32.1. The molecule has 5 heteroatoms. The van der Waals surface area contributed by atoms with E-state index in [1.54, 1.807) is 12.1 Å². The summed E-state index contributed by atoms with van der Waals surface area (Å²) in [5.74, 6) is -0.932. The molecule has 0 saturated carbocycles. The van der Waals surface area contributed by atoms with Crippen LogP contribution in [0.4, 0.5) is 5.69 Å². The number of carboxylic acid groups (broad SMARTS) is 1. The van der Waals surface area contributed by atoms with Crippen LogP contribution in [0.25, 0.3) is 0 Å². The summed E-state index contributed by atoms with van der Waals surface area (Å²) in [6.45, 7) is 2.87. The summed E-state index contributed by atoms with van der Waals surface area (Å²) >= 11 is 5.05. The van der Waals surface area contributed by atoms with Crippen LogP contribution in [0.15, 0.2) is 24.3 Å². The molecule has 0 saturated heterocycles. The minimum absolute atomic E-state index is 0.262. The fraction of sp³-hybridized carbons (Fsp3) is 0.273. The molecule has 86 valence electrons. The lowest BCUT2D eigenvalue weighted by Crippen LogP contribution is -2.28. The van der Waals surface area contributed by atoms with Gasteiger partial charge in [0.2, 0.25) is 0 Å². The second-order valence-electron chi connectivity index (χ2n) is 3.26. The highest BCUT2D eigenvalue weighted by Gasteiger charge is 2.02. The summed E-state index contributed by atoms with van der Waals surface area (Å²) in [6, 6.07) is 6.44. The van der Waals surface area contributed by atoms with E-state index in [-0.39, 0.29) is 5.56 Å². The first-order valence-electron chi connectivity index (χ1n) is 5.01. The van der Waals surface area contributed by atoms with Crippen LogP contribution in [0.1, 0.15) is 23.7 Å². The maximum atomic E-state index is 10.6. The number of aromatic carboxylic acids is 1. The van der Waals surface area contributed by atoms with Gasteiger partial charge in [0.25, 0.3) is 0 Å². The lowest BCUT2D eigenvalue weighted by molar-refractivity contribution is 0.0697. The van der Waals surface area contributed by atoms with Crippen molar-refractivity contribution in [1.29, 1.82) is 0 Å². The number of carboxylic acids is 1. The molecule has 0 unspecified atom stereocenters. The maximum Gasteiger partial charge on any atom is 0.335 e. The van der Waals surface area contributed by atoms with Crippen molar-refractivity contribution >= 4 is 29.0 Å². The van der Waals surface area contributed by atoms with Crippen molar-refractivity contribution in [2.75, 3.05) is 11.9 Å². The minimum Gasteiger partial charge on any atom is -0.478 e. The predicted octanol–water partition coefficient (Wildman–Crippen LogP) is 2.08. The molecule has 0 heterocycles. The molecule has 0 spiro atoms. The average Bonchev–Trinajstić information content (AvgIpc) is 2.27. The Morgan fingerprint density at radius 3 is 2.50 bits per heavy atom. The first-order valence-corrected chi connectivity index (χ1v) is 5.42. The van der Waals surface area contributed by atoms with Gasteiger partial charge in [0.1, 0.15) is 0 Å². The van der Waals surface area contributed by atoms with Gasteiger partial charge < -0.3 is 15.7 Å². The number of anilines is 1. The molecule has 0 aliphatic carbocycles. The van der Waals surface area contributed by atoms with Crippen molar-refractivity contribution in [3.8, 4) is 0 Å². The molecule has 0 aliphatic heterocycles. The van der Waals surface area contributed by atoms with Crippen LogP contribution in [0.2, 0.25) is 0 Å². The van der Waals surface area contributed by atoms with Crippen molar-refractivity contribution in [2.45, 2.75) is 13.3 Å². The summed E-state index contributed by atoms with van der Waals surface area (Å²) in [6.07, 6.45) is 1.000. The normalized spacial score (nSPS) is 9.56. The zero-order valence-corrected chi connectivity index (χ0v) is 9.80. The van der Waals surface area contributed by atoms with Crippen molar-refractivity contribution in [1.82, 2.24) is 5.32 Å². The number of rotatable bonds is 4. The zero-order valence-electron chi connectivity index (χ0n) is 8.99. The molecule has 0 aromatic heterocycles. The fourth-order valence-electron chi connectivity index (χ4n) is 1.11. The van der Waals surface area contributed by atoms with Crippen LogP contribution in [-0.2, 0) is 0 Å². The van der Waals surface area contributed by atoms with Gasteiger partial charge in [0.05, 0.1) is 5.56 Å². The Hall–Kier alpha value is -1.62. The third kappa shape index (κ3) is 3.86. The van der Waals surface area contributed by atoms with E-state index < -0.39 is 5.97 Å². The molecule has 0 amide bonds. The summed E-state index contributed by atoms with van der Waals surface area (Å²) in [5, 5.41) is 15.3. The Labute approximate surface area is 99.7 Å². The lowest BCUT2D eigenvalue weighted by Gasteiger charge is -2.09. The molecule has 1 aromatic carbocycles. The molecule has 0 fully saturated rings. The average molecular weight is 238 g/mol. The van der Waals surface area contributed by atoms with Gasteiger partial charge in [-0.25, -0.2) is 4.79 Å². The monoisotopic (exact) mass is 238 g/mol. The van der Waals surface area contributed by atoms with Crippen molar-refractivity contribution in [2.24, 2.45) is 0 Å². The third-order valence-corrected chi connectivity index (χ3v) is 2.17. The van der Waals surface area contributed by atoms with E-state index >= 15 is 0 Å². The molecule has 4 nitrogen and oxygen atoms in total. The van der Waals surface area contributed by atoms with E-state index in [0.29, 0.717) is 5.11 Å². The number of hydrogen-bond donors (Lipinski definition) is 3. The third-order valence-electron chi connectivity index (χ3n) is 1.93. The Morgan fingerprint density at radius 2 is 2.00 bits per heavy atom. The van der Waals surface area contributed by atoms with Gasteiger partial charge in [0, 0.05) is 12.2 Å². The van der Waals surface area contributed by atoms with Crippen molar-refractivity contribution in [3.63, 3.8) is 0 Å². The minimum atomic E-state index is -0.932. The summed E-state index contributed by atoms with van der Waals surface area (Å²) in [7, 11) is 0. The Bertz CT molecular complexity index is 376. The molecule has 3 N–H and O–H groups in total. The SMILES string of the molecule is CCCNC(=S)Nc1ccc(C(=O)O)cc1. The molecule has 0 aliphatic rings.